The summed E-state index contributed by atoms with van der Waals surface area (Å²) in [4.78, 5) is 4.61. The Hall–Kier alpha value is -0.900. The molecule has 2 fully saturated rings. The summed E-state index contributed by atoms with van der Waals surface area (Å²) >= 11 is 0. The SMILES string of the molecule is CC1CCCC(c2noc([C@@H]3CCCN3)n2)C1. The lowest BCUT2D eigenvalue weighted by molar-refractivity contribution is 0.313. The van der Waals surface area contributed by atoms with E-state index in [2.05, 4.69) is 22.4 Å². The molecular weight excluding hydrogens is 214 g/mol. The molecule has 17 heavy (non-hydrogen) atoms. The molecule has 0 radical (unpaired) electrons. The van der Waals surface area contributed by atoms with E-state index >= 15 is 0 Å². The molecule has 1 aliphatic heterocycles. The molecule has 1 saturated heterocycles. The van der Waals surface area contributed by atoms with Crippen LogP contribution in [0.3, 0.4) is 0 Å². The molecule has 0 aromatic carbocycles. The van der Waals surface area contributed by atoms with Gasteiger partial charge >= 0.3 is 0 Å². The van der Waals surface area contributed by atoms with E-state index in [4.69, 9.17) is 4.52 Å². The van der Waals surface area contributed by atoms with Gasteiger partial charge in [-0.25, -0.2) is 0 Å². The average molecular weight is 235 g/mol. The van der Waals surface area contributed by atoms with Gasteiger partial charge in [0.05, 0.1) is 6.04 Å². The van der Waals surface area contributed by atoms with Crippen LogP contribution in [0.1, 0.15) is 69.1 Å². The highest BCUT2D eigenvalue weighted by atomic mass is 16.5. The number of hydrogen-bond acceptors (Lipinski definition) is 4. The maximum Gasteiger partial charge on any atom is 0.243 e. The van der Waals surface area contributed by atoms with E-state index in [-0.39, 0.29) is 0 Å². The Bertz CT molecular complexity index is 370. The fourth-order valence-electron chi connectivity index (χ4n) is 3.12. The molecule has 3 atom stereocenters. The van der Waals surface area contributed by atoms with Crippen molar-refractivity contribution < 1.29 is 4.52 Å². The van der Waals surface area contributed by atoms with Crippen molar-refractivity contribution in [3.8, 4) is 0 Å². The van der Waals surface area contributed by atoms with Crippen LogP contribution in [0.5, 0.6) is 0 Å². The van der Waals surface area contributed by atoms with Gasteiger partial charge in [-0.15, -0.1) is 0 Å². The van der Waals surface area contributed by atoms with Gasteiger partial charge in [-0.1, -0.05) is 24.9 Å². The van der Waals surface area contributed by atoms with Crippen LogP contribution < -0.4 is 5.32 Å². The topological polar surface area (TPSA) is 51.0 Å². The minimum Gasteiger partial charge on any atom is -0.338 e. The van der Waals surface area contributed by atoms with E-state index in [1.807, 2.05) is 0 Å². The van der Waals surface area contributed by atoms with Gasteiger partial charge in [0.1, 0.15) is 0 Å². The lowest BCUT2D eigenvalue weighted by Gasteiger charge is -2.23. The highest BCUT2D eigenvalue weighted by Crippen LogP contribution is 2.35. The second-order valence-electron chi connectivity index (χ2n) is 5.61. The molecule has 1 N–H and O–H groups in total. The van der Waals surface area contributed by atoms with Crippen LogP contribution in [-0.2, 0) is 0 Å². The molecule has 0 bridgehead atoms. The lowest BCUT2D eigenvalue weighted by Crippen LogP contribution is -2.15. The molecule has 1 aromatic rings. The standard InChI is InChI=1S/C13H21N3O/c1-9-4-2-5-10(8-9)12-15-13(17-16-12)11-6-3-7-14-11/h9-11,14H,2-8H2,1H3/t9?,10?,11-/m0/s1. The molecule has 1 aromatic heterocycles. The van der Waals surface area contributed by atoms with Crippen molar-refractivity contribution in [3.63, 3.8) is 0 Å². The Morgan fingerprint density at radius 2 is 2.18 bits per heavy atom. The minimum absolute atomic E-state index is 0.303. The van der Waals surface area contributed by atoms with E-state index in [9.17, 15) is 0 Å². The number of nitrogens with one attached hydrogen (secondary N) is 1. The summed E-state index contributed by atoms with van der Waals surface area (Å²) in [5, 5.41) is 7.59. The summed E-state index contributed by atoms with van der Waals surface area (Å²) in [5.74, 6) is 3.08. The van der Waals surface area contributed by atoms with Gasteiger partial charge in [-0.2, -0.15) is 4.98 Å². The number of rotatable bonds is 2. The number of hydrogen-bond donors (Lipinski definition) is 1. The van der Waals surface area contributed by atoms with Crippen molar-refractivity contribution in [1.82, 2.24) is 15.5 Å². The van der Waals surface area contributed by atoms with E-state index in [0.717, 1.165) is 30.6 Å². The number of aromatic nitrogens is 2. The van der Waals surface area contributed by atoms with Crippen LogP contribution in [0.25, 0.3) is 0 Å². The zero-order chi connectivity index (χ0) is 11.7. The van der Waals surface area contributed by atoms with Gasteiger partial charge in [-0.05, 0) is 38.1 Å². The highest BCUT2D eigenvalue weighted by Gasteiger charge is 2.27. The predicted octanol–water partition coefficient (Wildman–Crippen LogP) is 2.79. The Balaban J connectivity index is 1.70. The molecule has 94 valence electrons. The van der Waals surface area contributed by atoms with Crippen molar-refractivity contribution in [2.24, 2.45) is 5.92 Å². The van der Waals surface area contributed by atoms with Crippen molar-refractivity contribution in [2.45, 2.75) is 57.4 Å². The van der Waals surface area contributed by atoms with Gasteiger partial charge in [0.15, 0.2) is 5.82 Å². The molecule has 0 amide bonds. The summed E-state index contributed by atoms with van der Waals surface area (Å²) in [7, 11) is 0. The molecule has 4 heteroatoms. The third-order valence-corrected chi connectivity index (χ3v) is 4.12. The van der Waals surface area contributed by atoms with Gasteiger partial charge in [0.2, 0.25) is 5.89 Å². The van der Waals surface area contributed by atoms with E-state index in [1.165, 1.54) is 32.1 Å². The van der Waals surface area contributed by atoms with Gasteiger partial charge in [0.25, 0.3) is 0 Å². The van der Waals surface area contributed by atoms with Crippen molar-refractivity contribution >= 4 is 0 Å². The quantitative estimate of drug-likeness (QED) is 0.856. The van der Waals surface area contributed by atoms with Gasteiger partial charge in [-0.3, -0.25) is 0 Å². The van der Waals surface area contributed by atoms with Gasteiger partial charge < -0.3 is 9.84 Å². The molecule has 2 heterocycles. The maximum atomic E-state index is 5.41. The van der Waals surface area contributed by atoms with E-state index < -0.39 is 0 Å². The van der Waals surface area contributed by atoms with Crippen LogP contribution in [0, 0.1) is 5.92 Å². The summed E-state index contributed by atoms with van der Waals surface area (Å²) in [5.41, 5.74) is 0. The summed E-state index contributed by atoms with van der Waals surface area (Å²) in [6, 6.07) is 0.303. The molecule has 3 rings (SSSR count). The Morgan fingerprint density at radius 1 is 1.24 bits per heavy atom. The first-order chi connectivity index (χ1) is 8.33. The molecule has 4 nitrogen and oxygen atoms in total. The fraction of sp³-hybridized carbons (Fsp3) is 0.846. The van der Waals surface area contributed by atoms with Crippen LogP contribution >= 0.6 is 0 Å². The minimum atomic E-state index is 0.303. The first kappa shape index (κ1) is 11.2. The second kappa shape index (κ2) is 4.77. The third kappa shape index (κ3) is 2.37. The third-order valence-electron chi connectivity index (χ3n) is 4.12. The second-order valence-corrected chi connectivity index (χ2v) is 5.61. The van der Waals surface area contributed by atoms with Crippen LogP contribution in [0.2, 0.25) is 0 Å². The molecule has 0 spiro atoms. The monoisotopic (exact) mass is 235 g/mol. The molecule has 2 unspecified atom stereocenters. The lowest BCUT2D eigenvalue weighted by atomic mass is 9.82. The Kier molecular flexibility index (Phi) is 3.14. The van der Waals surface area contributed by atoms with E-state index in [0.29, 0.717) is 12.0 Å². The molecule has 1 saturated carbocycles. The van der Waals surface area contributed by atoms with Gasteiger partial charge in [0, 0.05) is 5.92 Å². The zero-order valence-electron chi connectivity index (χ0n) is 10.5. The molecular formula is C13H21N3O. The number of nitrogens with zero attached hydrogens (tertiary/aromatic N) is 2. The Labute approximate surface area is 102 Å². The summed E-state index contributed by atoms with van der Waals surface area (Å²) in [6.07, 6.45) is 7.44. The highest BCUT2D eigenvalue weighted by molar-refractivity contribution is 5.01. The van der Waals surface area contributed by atoms with E-state index in [1.54, 1.807) is 0 Å². The van der Waals surface area contributed by atoms with Crippen molar-refractivity contribution in [1.29, 1.82) is 0 Å². The first-order valence-corrected chi connectivity index (χ1v) is 6.90. The summed E-state index contributed by atoms with van der Waals surface area (Å²) < 4.78 is 5.41. The van der Waals surface area contributed by atoms with Crippen LogP contribution in [0.4, 0.5) is 0 Å². The fourth-order valence-corrected chi connectivity index (χ4v) is 3.12. The molecule has 2 aliphatic rings. The average Bonchev–Trinajstić information content (AvgIpc) is 3.00. The Morgan fingerprint density at radius 3 is 2.94 bits per heavy atom. The van der Waals surface area contributed by atoms with Crippen LogP contribution in [-0.4, -0.2) is 16.7 Å². The summed E-state index contributed by atoms with van der Waals surface area (Å²) in [6.45, 7) is 3.40. The largest absolute Gasteiger partial charge is 0.338 e. The smallest absolute Gasteiger partial charge is 0.243 e. The first-order valence-electron chi connectivity index (χ1n) is 6.90. The zero-order valence-corrected chi connectivity index (χ0v) is 10.5. The predicted molar refractivity (Wildman–Crippen MR) is 64.6 cm³/mol. The normalized spacial score (nSPS) is 34.1. The van der Waals surface area contributed by atoms with Crippen molar-refractivity contribution in [3.05, 3.63) is 11.7 Å². The van der Waals surface area contributed by atoms with Crippen molar-refractivity contribution in [2.75, 3.05) is 6.54 Å². The maximum absolute atomic E-state index is 5.41. The van der Waals surface area contributed by atoms with Crippen LogP contribution in [0.15, 0.2) is 4.52 Å². The molecule has 1 aliphatic carbocycles.